The van der Waals surface area contributed by atoms with Gasteiger partial charge in [0.25, 0.3) is 11.8 Å². The van der Waals surface area contributed by atoms with E-state index in [0.29, 0.717) is 34.2 Å². The van der Waals surface area contributed by atoms with Crippen molar-refractivity contribution in [2.24, 2.45) is 0 Å². The topological polar surface area (TPSA) is 103 Å². The first-order chi connectivity index (χ1) is 15.4. The van der Waals surface area contributed by atoms with Crippen LogP contribution in [0.25, 0.3) is 10.2 Å². The average molecular weight is 471 g/mol. The molecule has 1 aromatic heterocycles. The Bertz CT molecular complexity index is 1170. The average Bonchev–Trinajstić information content (AvgIpc) is 3.20. The molecule has 0 unspecified atom stereocenters. The molecule has 1 saturated heterocycles. The molecule has 1 fully saturated rings. The third-order valence-electron chi connectivity index (χ3n) is 5.14. The van der Waals surface area contributed by atoms with E-state index in [1.165, 1.54) is 23.1 Å². The second-order valence-corrected chi connectivity index (χ2v) is 9.69. The molecule has 2 aromatic carbocycles. The van der Waals surface area contributed by atoms with Gasteiger partial charge in [-0.25, -0.2) is 4.98 Å². The zero-order valence-electron chi connectivity index (χ0n) is 17.4. The molecule has 32 heavy (non-hydrogen) atoms. The van der Waals surface area contributed by atoms with E-state index in [0.717, 1.165) is 23.3 Å². The van der Waals surface area contributed by atoms with Crippen molar-refractivity contribution in [1.82, 2.24) is 14.8 Å². The zero-order chi connectivity index (χ0) is 22.7. The molecule has 2 N–H and O–H groups in total. The van der Waals surface area contributed by atoms with Crippen LogP contribution < -0.4 is 5.32 Å². The van der Waals surface area contributed by atoms with Crippen LogP contribution in [0, 0.1) is 0 Å². The smallest absolute Gasteiger partial charge is 0.313 e. The van der Waals surface area contributed by atoms with Gasteiger partial charge in [0.15, 0.2) is 4.34 Å². The lowest BCUT2D eigenvalue weighted by Gasteiger charge is -2.32. The van der Waals surface area contributed by atoms with Crippen molar-refractivity contribution in [2.45, 2.75) is 4.34 Å². The summed E-state index contributed by atoms with van der Waals surface area (Å²) in [6, 6.07) is 12.2. The molecule has 0 spiro atoms. The van der Waals surface area contributed by atoms with Gasteiger partial charge in [-0.1, -0.05) is 23.9 Å². The molecule has 3 aromatic rings. The zero-order valence-corrected chi connectivity index (χ0v) is 19.0. The highest BCUT2D eigenvalue weighted by molar-refractivity contribution is 8.01. The lowest BCUT2D eigenvalue weighted by molar-refractivity contribution is -0.133. The number of nitrogens with zero attached hydrogens (tertiary/aromatic N) is 3. The number of nitrogens with one attached hydrogen (secondary N) is 1. The first kappa shape index (κ1) is 22.3. The molecule has 8 nitrogen and oxygen atoms in total. The van der Waals surface area contributed by atoms with Crippen LogP contribution in [0.1, 0.15) is 20.7 Å². The van der Waals surface area contributed by atoms with Gasteiger partial charge in [-0.15, -0.1) is 11.3 Å². The largest absolute Gasteiger partial charge is 0.481 e. The maximum atomic E-state index is 13.0. The number of carboxylic acids is 1. The molecule has 4 rings (SSSR count). The maximum Gasteiger partial charge on any atom is 0.313 e. The van der Waals surface area contributed by atoms with Crippen molar-refractivity contribution in [3.8, 4) is 0 Å². The second-order valence-electron chi connectivity index (χ2n) is 7.44. The number of carbonyl (C=O) groups excluding carboxylic acids is 2. The van der Waals surface area contributed by atoms with E-state index >= 15 is 0 Å². The Morgan fingerprint density at radius 2 is 1.81 bits per heavy atom. The SMILES string of the molecule is CN1CCN(C(=O)c2ccccc2C(=O)Nc2ccc3nc(SCC(=O)O)sc3c2)CC1. The summed E-state index contributed by atoms with van der Waals surface area (Å²) in [6.45, 7) is 2.88. The van der Waals surface area contributed by atoms with Gasteiger partial charge in [-0.2, -0.15) is 0 Å². The normalized spacial score (nSPS) is 14.5. The summed E-state index contributed by atoms with van der Waals surface area (Å²) in [7, 11) is 2.02. The van der Waals surface area contributed by atoms with Gasteiger partial charge < -0.3 is 20.2 Å². The number of amides is 2. The van der Waals surface area contributed by atoms with Gasteiger partial charge in [-0.3, -0.25) is 14.4 Å². The van der Waals surface area contributed by atoms with Gasteiger partial charge in [-0.05, 0) is 37.4 Å². The summed E-state index contributed by atoms with van der Waals surface area (Å²) in [5.41, 5.74) is 2.05. The van der Waals surface area contributed by atoms with E-state index in [2.05, 4.69) is 15.2 Å². The van der Waals surface area contributed by atoms with E-state index in [1.54, 1.807) is 47.4 Å². The van der Waals surface area contributed by atoms with E-state index in [-0.39, 0.29) is 17.6 Å². The Balaban J connectivity index is 1.51. The fourth-order valence-electron chi connectivity index (χ4n) is 3.41. The number of hydrogen-bond acceptors (Lipinski definition) is 7. The summed E-state index contributed by atoms with van der Waals surface area (Å²) >= 11 is 2.54. The van der Waals surface area contributed by atoms with Crippen molar-refractivity contribution < 1.29 is 19.5 Å². The second kappa shape index (κ2) is 9.68. The Hall–Kier alpha value is -2.95. The molecular formula is C22H22N4O4S2. The number of thioether (sulfide) groups is 1. The van der Waals surface area contributed by atoms with E-state index in [4.69, 9.17) is 5.11 Å². The summed E-state index contributed by atoms with van der Waals surface area (Å²) in [4.78, 5) is 45.2. The van der Waals surface area contributed by atoms with E-state index in [1.807, 2.05) is 7.05 Å². The van der Waals surface area contributed by atoms with Crippen LogP contribution >= 0.6 is 23.1 Å². The summed E-state index contributed by atoms with van der Waals surface area (Å²) < 4.78 is 1.51. The maximum absolute atomic E-state index is 13.0. The Kier molecular flexibility index (Phi) is 6.73. The van der Waals surface area contributed by atoms with Gasteiger partial charge in [0.2, 0.25) is 0 Å². The first-order valence-corrected chi connectivity index (χ1v) is 11.8. The molecule has 0 bridgehead atoms. The highest BCUT2D eigenvalue weighted by Gasteiger charge is 2.24. The Morgan fingerprint density at radius 3 is 2.53 bits per heavy atom. The molecule has 2 amide bonds. The Labute approximate surface area is 193 Å². The molecule has 0 atom stereocenters. The number of carboxylic acid groups (broad SMARTS) is 1. The quantitative estimate of drug-likeness (QED) is 0.534. The Morgan fingerprint density at radius 1 is 1.09 bits per heavy atom. The molecule has 0 saturated carbocycles. The minimum absolute atomic E-state index is 0.0540. The molecular weight excluding hydrogens is 448 g/mol. The number of fused-ring (bicyclic) bond motifs is 1. The minimum Gasteiger partial charge on any atom is -0.481 e. The standard InChI is InChI=1S/C22H22N4O4S2/c1-25-8-10-26(11-9-25)21(30)16-5-3-2-4-15(16)20(29)23-14-6-7-17-18(12-14)32-22(24-17)31-13-19(27)28/h2-7,12H,8-11,13H2,1H3,(H,23,29)(H,27,28). The lowest BCUT2D eigenvalue weighted by Crippen LogP contribution is -2.47. The molecule has 10 heteroatoms. The number of anilines is 1. The molecule has 166 valence electrons. The van der Waals surface area contributed by atoms with Crippen LogP contribution in [-0.2, 0) is 4.79 Å². The third-order valence-corrected chi connectivity index (χ3v) is 7.28. The molecule has 0 radical (unpaired) electrons. The number of hydrogen-bond donors (Lipinski definition) is 2. The number of aromatic nitrogens is 1. The predicted octanol–water partition coefficient (Wildman–Crippen LogP) is 3.11. The summed E-state index contributed by atoms with van der Waals surface area (Å²) in [6.07, 6.45) is 0. The van der Waals surface area contributed by atoms with Gasteiger partial charge in [0, 0.05) is 31.9 Å². The first-order valence-electron chi connectivity index (χ1n) is 10.0. The van der Waals surface area contributed by atoms with Crippen LogP contribution in [0.5, 0.6) is 0 Å². The monoisotopic (exact) mass is 470 g/mol. The van der Waals surface area contributed by atoms with Crippen LogP contribution in [0.15, 0.2) is 46.8 Å². The molecule has 2 heterocycles. The van der Waals surface area contributed by atoms with Crippen LogP contribution in [0.3, 0.4) is 0 Å². The van der Waals surface area contributed by atoms with Crippen molar-refractivity contribution in [3.63, 3.8) is 0 Å². The van der Waals surface area contributed by atoms with E-state index in [9.17, 15) is 14.4 Å². The minimum atomic E-state index is -0.896. The van der Waals surface area contributed by atoms with Crippen LogP contribution in [-0.4, -0.2) is 76.7 Å². The van der Waals surface area contributed by atoms with Crippen molar-refractivity contribution in [1.29, 1.82) is 0 Å². The summed E-state index contributed by atoms with van der Waals surface area (Å²) in [5, 5.41) is 11.7. The highest BCUT2D eigenvalue weighted by Crippen LogP contribution is 2.31. The highest BCUT2D eigenvalue weighted by atomic mass is 32.2. The number of thiazole rings is 1. The fourth-order valence-corrected chi connectivity index (χ4v) is 5.24. The van der Waals surface area contributed by atoms with Crippen LogP contribution in [0.4, 0.5) is 5.69 Å². The van der Waals surface area contributed by atoms with Gasteiger partial charge >= 0.3 is 5.97 Å². The summed E-state index contributed by atoms with van der Waals surface area (Å²) in [5.74, 6) is -1.44. The van der Waals surface area contributed by atoms with Gasteiger partial charge in [0.05, 0.1) is 27.1 Å². The number of piperazine rings is 1. The van der Waals surface area contributed by atoms with Crippen molar-refractivity contribution >= 4 is 56.8 Å². The third kappa shape index (κ3) is 5.09. The van der Waals surface area contributed by atoms with Crippen molar-refractivity contribution in [2.75, 3.05) is 44.3 Å². The number of likely N-dealkylation sites (N-methyl/N-ethyl adjacent to an activating group) is 1. The number of aliphatic carboxylic acids is 1. The number of benzene rings is 2. The predicted molar refractivity (Wildman–Crippen MR) is 126 cm³/mol. The lowest BCUT2D eigenvalue weighted by atomic mass is 10.0. The van der Waals surface area contributed by atoms with Crippen molar-refractivity contribution in [3.05, 3.63) is 53.6 Å². The number of rotatable bonds is 6. The molecule has 0 aliphatic carbocycles. The number of carbonyl (C=O) groups is 3. The molecule has 1 aliphatic rings. The van der Waals surface area contributed by atoms with Gasteiger partial charge in [0.1, 0.15) is 0 Å². The van der Waals surface area contributed by atoms with Crippen LogP contribution in [0.2, 0.25) is 0 Å². The van der Waals surface area contributed by atoms with E-state index < -0.39 is 5.97 Å². The fraction of sp³-hybridized carbons (Fsp3) is 0.273. The molecule has 1 aliphatic heterocycles.